The molecule has 0 aliphatic rings. The molecule has 0 spiro atoms. The predicted octanol–water partition coefficient (Wildman–Crippen LogP) is 2.22. The SMILES string of the molecule is CCOc1cc(C(=O)N(CCOC)CC(C)C)ccn1. The highest BCUT2D eigenvalue weighted by Crippen LogP contribution is 2.13. The van der Waals surface area contributed by atoms with Crippen LogP contribution in [0, 0.1) is 5.92 Å². The predicted molar refractivity (Wildman–Crippen MR) is 78.0 cm³/mol. The van der Waals surface area contributed by atoms with Gasteiger partial charge in [-0.15, -0.1) is 0 Å². The Kier molecular flexibility index (Phi) is 7.01. The summed E-state index contributed by atoms with van der Waals surface area (Å²) in [5, 5.41) is 0. The van der Waals surface area contributed by atoms with Gasteiger partial charge in [0.25, 0.3) is 5.91 Å². The molecule has 112 valence electrons. The highest BCUT2D eigenvalue weighted by atomic mass is 16.5. The van der Waals surface area contributed by atoms with Crippen molar-refractivity contribution in [2.24, 2.45) is 5.92 Å². The van der Waals surface area contributed by atoms with Gasteiger partial charge < -0.3 is 14.4 Å². The number of ether oxygens (including phenoxy) is 2. The highest BCUT2D eigenvalue weighted by molar-refractivity contribution is 5.94. The standard InChI is InChI=1S/C15H24N2O3/c1-5-20-14-10-13(6-7-16-14)15(18)17(8-9-19-4)11-12(2)3/h6-7,10,12H,5,8-9,11H2,1-4H3. The third-order valence-electron chi connectivity index (χ3n) is 2.71. The topological polar surface area (TPSA) is 51.7 Å². The molecular weight excluding hydrogens is 256 g/mol. The minimum Gasteiger partial charge on any atom is -0.478 e. The van der Waals surface area contributed by atoms with Crippen LogP contribution >= 0.6 is 0 Å². The molecule has 0 atom stereocenters. The fourth-order valence-corrected chi connectivity index (χ4v) is 1.87. The van der Waals surface area contributed by atoms with E-state index in [-0.39, 0.29) is 5.91 Å². The molecule has 1 heterocycles. The molecule has 1 aromatic heterocycles. The maximum atomic E-state index is 12.5. The molecule has 5 heteroatoms. The summed E-state index contributed by atoms with van der Waals surface area (Å²) in [5.74, 6) is 0.873. The molecule has 0 saturated heterocycles. The Bertz CT molecular complexity index is 421. The van der Waals surface area contributed by atoms with E-state index >= 15 is 0 Å². The molecule has 0 N–H and O–H groups in total. The number of amides is 1. The molecule has 0 saturated carbocycles. The molecule has 0 aliphatic heterocycles. The van der Waals surface area contributed by atoms with Crippen molar-refractivity contribution in [3.8, 4) is 5.88 Å². The van der Waals surface area contributed by atoms with Gasteiger partial charge in [-0.25, -0.2) is 4.98 Å². The summed E-state index contributed by atoms with van der Waals surface area (Å²) in [5.41, 5.74) is 0.597. The van der Waals surface area contributed by atoms with E-state index in [0.717, 1.165) is 0 Å². The summed E-state index contributed by atoms with van der Waals surface area (Å²) in [6, 6.07) is 3.40. The van der Waals surface area contributed by atoms with Gasteiger partial charge in [-0.05, 0) is 18.9 Å². The van der Waals surface area contributed by atoms with Crippen molar-refractivity contribution in [2.45, 2.75) is 20.8 Å². The van der Waals surface area contributed by atoms with E-state index in [0.29, 0.717) is 43.7 Å². The van der Waals surface area contributed by atoms with Crippen LogP contribution in [-0.4, -0.2) is 49.2 Å². The summed E-state index contributed by atoms with van der Waals surface area (Å²) >= 11 is 0. The van der Waals surface area contributed by atoms with Crippen LogP contribution in [0.5, 0.6) is 5.88 Å². The first-order valence-electron chi connectivity index (χ1n) is 6.95. The second-order valence-electron chi connectivity index (χ2n) is 4.95. The maximum Gasteiger partial charge on any atom is 0.254 e. The van der Waals surface area contributed by atoms with E-state index in [1.165, 1.54) is 0 Å². The zero-order valence-corrected chi connectivity index (χ0v) is 12.8. The van der Waals surface area contributed by atoms with Crippen molar-refractivity contribution in [3.05, 3.63) is 23.9 Å². The van der Waals surface area contributed by atoms with E-state index < -0.39 is 0 Å². The molecule has 0 fully saturated rings. The first kappa shape index (κ1) is 16.4. The van der Waals surface area contributed by atoms with E-state index in [9.17, 15) is 4.79 Å². The van der Waals surface area contributed by atoms with Crippen molar-refractivity contribution in [3.63, 3.8) is 0 Å². The molecule has 1 aromatic rings. The fraction of sp³-hybridized carbons (Fsp3) is 0.600. The monoisotopic (exact) mass is 280 g/mol. The summed E-state index contributed by atoms with van der Waals surface area (Å²) in [7, 11) is 1.64. The molecule has 0 radical (unpaired) electrons. The van der Waals surface area contributed by atoms with Crippen LogP contribution in [0.1, 0.15) is 31.1 Å². The first-order chi connectivity index (χ1) is 9.58. The number of nitrogens with zero attached hydrogens (tertiary/aromatic N) is 2. The number of carbonyl (C=O) groups excluding carboxylic acids is 1. The van der Waals surface area contributed by atoms with Crippen molar-refractivity contribution in [1.82, 2.24) is 9.88 Å². The number of pyridine rings is 1. The van der Waals surface area contributed by atoms with E-state index in [4.69, 9.17) is 9.47 Å². The highest BCUT2D eigenvalue weighted by Gasteiger charge is 2.17. The summed E-state index contributed by atoms with van der Waals surface area (Å²) in [6.45, 7) is 8.41. The van der Waals surface area contributed by atoms with Gasteiger partial charge >= 0.3 is 0 Å². The van der Waals surface area contributed by atoms with Crippen molar-refractivity contribution in [2.75, 3.05) is 33.4 Å². The number of methoxy groups -OCH3 is 1. The Morgan fingerprint density at radius 2 is 2.20 bits per heavy atom. The Hall–Kier alpha value is -1.62. The minimum atomic E-state index is -0.0147. The van der Waals surface area contributed by atoms with Crippen molar-refractivity contribution in [1.29, 1.82) is 0 Å². The molecule has 5 nitrogen and oxygen atoms in total. The third kappa shape index (κ3) is 5.17. The second-order valence-corrected chi connectivity index (χ2v) is 4.95. The Balaban J connectivity index is 2.84. The molecule has 0 unspecified atom stereocenters. The van der Waals surface area contributed by atoms with Gasteiger partial charge in [-0.2, -0.15) is 0 Å². The van der Waals surface area contributed by atoms with Gasteiger partial charge in [0.15, 0.2) is 0 Å². The first-order valence-corrected chi connectivity index (χ1v) is 6.95. The number of hydrogen-bond donors (Lipinski definition) is 0. The van der Waals surface area contributed by atoms with Gasteiger partial charge in [0.1, 0.15) is 0 Å². The van der Waals surface area contributed by atoms with Gasteiger partial charge in [0.2, 0.25) is 5.88 Å². The Labute approximate surface area is 120 Å². The van der Waals surface area contributed by atoms with Crippen LogP contribution in [0.2, 0.25) is 0 Å². The fourth-order valence-electron chi connectivity index (χ4n) is 1.87. The Morgan fingerprint density at radius 1 is 1.45 bits per heavy atom. The van der Waals surface area contributed by atoms with Crippen LogP contribution in [0.3, 0.4) is 0 Å². The summed E-state index contributed by atoms with van der Waals surface area (Å²) < 4.78 is 10.4. The van der Waals surface area contributed by atoms with Crippen LogP contribution in [0.4, 0.5) is 0 Å². The van der Waals surface area contributed by atoms with E-state index in [1.807, 2.05) is 6.92 Å². The zero-order valence-electron chi connectivity index (χ0n) is 12.8. The lowest BCUT2D eigenvalue weighted by molar-refractivity contribution is 0.0671. The van der Waals surface area contributed by atoms with Gasteiger partial charge in [0.05, 0.1) is 13.2 Å². The van der Waals surface area contributed by atoms with Gasteiger partial charge in [0, 0.05) is 38.0 Å². The molecular formula is C15H24N2O3. The number of rotatable bonds is 8. The molecule has 1 amide bonds. The second kappa shape index (κ2) is 8.53. The lowest BCUT2D eigenvalue weighted by atomic mass is 10.1. The summed E-state index contributed by atoms with van der Waals surface area (Å²) in [4.78, 5) is 18.4. The molecule has 1 rings (SSSR count). The van der Waals surface area contributed by atoms with Gasteiger partial charge in [-0.3, -0.25) is 4.79 Å². The van der Waals surface area contributed by atoms with E-state index in [1.54, 1.807) is 30.3 Å². The summed E-state index contributed by atoms with van der Waals surface area (Å²) in [6.07, 6.45) is 1.60. The van der Waals surface area contributed by atoms with Crippen LogP contribution in [0.15, 0.2) is 18.3 Å². The number of carbonyl (C=O) groups is 1. The normalized spacial score (nSPS) is 10.7. The Morgan fingerprint density at radius 3 is 2.80 bits per heavy atom. The average molecular weight is 280 g/mol. The van der Waals surface area contributed by atoms with Crippen molar-refractivity contribution >= 4 is 5.91 Å². The van der Waals surface area contributed by atoms with Crippen LogP contribution < -0.4 is 4.74 Å². The minimum absolute atomic E-state index is 0.0147. The molecule has 0 bridgehead atoms. The zero-order chi connectivity index (χ0) is 15.0. The quantitative estimate of drug-likeness (QED) is 0.732. The largest absolute Gasteiger partial charge is 0.478 e. The number of hydrogen-bond acceptors (Lipinski definition) is 4. The number of aromatic nitrogens is 1. The lowest BCUT2D eigenvalue weighted by Gasteiger charge is -2.24. The average Bonchev–Trinajstić information content (AvgIpc) is 2.43. The smallest absolute Gasteiger partial charge is 0.254 e. The molecule has 20 heavy (non-hydrogen) atoms. The van der Waals surface area contributed by atoms with Crippen LogP contribution in [0.25, 0.3) is 0 Å². The lowest BCUT2D eigenvalue weighted by Crippen LogP contribution is -2.36. The van der Waals surface area contributed by atoms with Crippen LogP contribution in [-0.2, 0) is 4.74 Å². The molecule has 0 aliphatic carbocycles. The van der Waals surface area contributed by atoms with E-state index in [2.05, 4.69) is 18.8 Å². The maximum absolute atomic E-state index is 12.5. The van der Waals surface area contributed by atoms with Gasteiger partial charge in [-0.1, -0.05) is 13.8 Å². The molecule has 0 aromatic carbocycles. The van der Waals surface area contributed by atoms with Crippen molar-refractivity contribution < 1.29 is 14.3 Å². The third-order valence-corrected chi connectivity index (χ3v) is 2.71.